The van der Waals surface area contributed by atoms with Crippen LogP contribution < -0.4 is 10.0 Å². The van der Waals surface area contributed by atoms with E-state index < -0.39 is 15.9 Å². The van der Waals surface area contributed by atoms with E-state index in [0.717, 1.165) is 22.7 Å². The molecule has 0 unspecified atom stereocenters. The number of nitrogens with zero attached hydrogens (tertiary/aromatic N) is 1. The third kappa shape index (κ3) is 4.35. The molecular formula is C18H12ClN3O4S3. The minimum Gasteiger partial charge on any atom is -0.364 e. The van der Waals surface area contributed by atoms with E-state index in [1.54, 1.807) is 47.8 Å². The van der Waals surface area contributed by atoms with Crippen LogP contribution in [-0.4, -0.2) is 19.5 Å². The summed E-state index contributed by atoms with van der Waals surface area (Å²) in [6.07, 6.45) is 1.41. The molecule has 3 aromatic heterocycles. The van der Waals surface area contributed by atoms with Crippen molar-refractivity contribution in [3.63, 3.8) is 0 Å². The van der Waals surface area contributed by atoms with Gasteiger partial charge in [-0.2, -0.15) is 0 Å². The van der Waals surface area contributed by atoms with Crippen molar-refractivity contribution in [3.8, 4) is 10.6 Å². The number of nitrogens with one attached hydrogen (secondary N) is 2. The fraction of sp³-hybridized carbons (Fsp3) is 0. The molecule has 148 valence electrons. The van der Waals surface area contributed by atoms with E-state index >= 15 is 0 Å². The van der Waals surface area contributed by atoms with Crippen molar-refractivity contribution in [3.05, 3.63) is 70.1 Å². The Morgan fingerprint density at radius 1 is 1.14 bits per heavy atom. The highest BCUT2D eigenvalue weighted by Crippen LogP contribution is 2.32. The lowest BCUT2D eigenvalue weighted by atomic mass is 10.3. The van der Waals surface area contributed by atoms with Crippen LogP contribution in [0.5, 0.6) is 0 Å². The largest absolute Gasteiger partial charge is 0.364 e. The Bertz CT molecular complexity index is 1260. The molecule has 3 heterocycles. The first-order chi connectivity index (χ1) is 13.9. The lowest BCUT2D eigenvalue weighted by molar-refractivity contribution is 0.103. The summed E-state index contributed by atoms with van der Waals surface area (Å²) in [5.41, 5.74) is 1.26. The number of hydrogen-bond acceptors (Lipinski definition) is 7. The van der Waals surface area contributed by atoms with Crippen LogP contribution in [0.4, 0.5) is 11.4 Å². The van der Waals surface area contributed by atoms with Crippen LogP contribution in [0.3, 0.4) is 0 Å². The van der Waals surface area contributed by atoms with Crippen LogP contribution in [0.2, 0.25) is 5.02 Å². The Labute approximate surface area is 179 Å². The summed E-state index contributed by atoms with van der Waals surface area (Å²) in [5, 5.41) is 8.63. The Morgan fingerprint density at radius 2 is 2.00 bits per heavy atom. The van der Waals surface area contributed by atoms with E-state index in [4.69, 9.17) is 16.1 Å². The van der Waals surface area contributed by atoms with E-state index in [0.29, 0.717) is 21.3 Å². The van der Waals surface area contributed by atoms with E-state index in [9.17, 15) is 13.2 Å². The van der Waals surface area contributed by atoms with Crippen LogP contribution in [0.15, 0.2) is 68.9 Å². The molecule has 7 nitrogen and oxygen atoms in total. The second kappa shape index (κ2) is 7.99. The molecule has 2 N–H and O–H groups in total. The first kappa shape index (κ1) is 19.6. The summed E-state index contributed by atoms with van der Waals surface area (Å²) in [6.45, 7) is 0. The highest BCUT2D eigenvalue weighted by Gasteiger charge is 2.22. The third-order valence-corrected chi connectivity index (χ3v) is 7.85. The zero-order valence-electron chi connectivity index (χ0n) is 14.5. The number of halogens is 1. The lowest BCUT2D eigenvalue weighted by Gasteiger charge is -2.08. The molecule has 0 aliphatic carbocycles. The second-order valence-electron chi connectivity index (χ2n) is 5.74. The molecule has 1 aromatic carbocycles. The zero-order valence-corrected chi connectivity index (χ0v) is 17.7. The van der Waals surface area contributed by atoms with Gasteiger partial charge in [-0.25, -0.2) is 8.42 Å². The number of aromatic nitrogens is 1. The predicted molar refractivity (Wildman–Crippen MR) is 114 cm³/mol. The molecule has 0 bridgehead atoms. The van der Waals surface area contributed by atoms with Crippen molar-refractivity contribution in [2.75, 3.05) is 10.0 Å². The smallest absolute Gasteiger partial charge is 0.271 e. The number of carbonyl (C=O) groups is 1. The number of anilines is 2. The van der Waals surface area contributed by atoms with Gasteiger partial charge < -0.3 is 9.84 Å². The standard InChI is InChI=1S/C18H12ClN3O4S3/c19-11-2-1-3-12(10-11)20-18(23)17-14(7-9-27-17)22-29(24,25)16-5-4-15(28-16)13-6-8-26-21-13/h1-10,22H,(H,20,23). The lowest BCUT2D eigenvalue weighted by Crippen LogP contribution is -2.16. The normalized spacial score (nSPS) is 11.3. The molecule has 0 atom stereocenters. The number of thiophene rings is 2. The second-order valence-corrected chi connectivity index (χ2v) is 10.1. The molecule has 29 heavy (non-hydrogen) atoms. The number of benzene rings is 1. The fourth-order valence-corrected chi connectivity index (χ4v) is 5.80. The van der Waals surface area contributed by atoms with Crippen LogP contribution in [-0.2, 0) is 10.0 Å². The van der Waals surface area contributed by atoms with Gasteiger partial charge in [-0.3, -0.25) is 9.52 Å². The Kier molecular flexibility index (Phi) is 5.41. The first-order valence-corrected chi connectivity index (χ1v) is 11.7. The number of hydrogen-bond donors (Lipinski definition) is 2. The Hall–Kier alpha value is -2.66. The van der Waals surface area contributed by atoms with Crippen molar-refractivity contribution >= 4 is 61.6 Å². The minimum atomic E-state index is -3.87. The molecule has 0 fully saturated rings. The van der Waals surface area contributed by atoms with Gasteiger partial charge in [0.15, 0.2) is 0 Å². The minimum absolute atomic E-state index is 0.0999. The number of carbonyl (C=O) groups excluding carboxylic acids is 1. The van der Waals surface area contributed by atoms with Crippen molar-refractivity contribution in [2.45, 2.75) is 4.21 Å². The number of rotatable bonds is 6. The van der Waals surface area contributed by atoms with Gasteiger partial charge >= 0.3 is 0 Å². The van der Waals surface area contributed by atoms with E-state index in [1.807, 2.05) is 0 Å². The third-order valence-electron chi connectivity index (χ3n) is 3.73. The number of amides is 1. The maximum atomic E-state index is 12.8. The van der Waals surface area contributed by atoms with Crippen LogP contribution in [0.1, 0.15) is 9.67 Å². The van der Waals surface area contributed by atoms with Gasteiger partial charge in [0.05, 0.1) is 10.6 Å². The highest BCUT2D eigenvalue weighted by molar-refractivity contribution is 7.94. The van der Waals surface area contributed by atoms with Crippen molar-refractivity contribution in [1.82, 2.24) is 5.16 Å². The van der Waals surface area contributed by atoms with E-state index in [2.05, 4.69) is 15.2 Å². The average molecular weight is 466 g/mol. The van der Waals surface area contributed by atoms with Gasteiger partial charge in [0.2, 0.25) is 0 Å². The van der Waals surface area contributed by atoms with Gasteiger partial charge in [0.1, 0.15) is 21.0 Å². The summed E-state index contributed by atoms with van der Waals surface area (Å²) >= 11 is 8.11. The summed E-state index contributed by atoms with van der Waals surface area (Å²) < 4.78 is 32.9. The quantitative estimate of drug-likeness (QED) is 0.409. The van der Waals surface area contributed by atoms with Gasteiger partial charge in [-0.15, -0.1) is 22.7 Å². The number of sulfonamides is 1. The van der Waals surface area contributed by atoms with Gasteiger partial charge in [-0.05, 0) is 41.8 Å². The van der Waals surface area contributed by atoms with E-state index in [1.165, 1.54) is 12.3 Å². The first-order valence-electron chi connectivity index (χ1n) is 8.10. The predicted octanol–water partition coefficient (Wildman–Crippen LogP) is 5.17. The fourth-order valence-electron chi connectivity index (χ4n) is 2.46. The van der Waals surface area contributed by atoms with Crippen molar-refractivity contribution in [1.29, 1.82) is 0 Å². The van der Waals surface area contributed by atoms with Crippen LogP contribution in [0, 0.1) is 0 Å². The molecule has 4 aromatic rings. The SMILES string of the molecule is O=C(Nc1cccc(Cl)c1)c1sccc1NS(=O)(=O)c1ccc(-c2ccon2)s1. The molecule has 0 saturated heterocycles. The molecule has 11 heteroatoms. The van der Waals surface area contributed by atoms with Crippen LogP contribution >= 0.6 is 34.3 Å². The van der Waals surface area contributed by atoms with Gasteiger partial charge in [0, 0.05) is 16.8 Å². The topological polar surface area (TPSA) is 101 Å². The van der Waals surface area contributed by atoms with Crippen molar-refractivity contribution < 1.29 is 17.7 Å². The summed E-state index contributed by atoms with van der Waals surface area (Å²) in [4.78, 5) is 13.5. The molecular weight excluding hydrogens is 454 g/mol. The summed E-state index contributed by atoms with van der Waals surface area (Å²) in [7, 11) is -3.87. The summed E-state index contributed by atoms with van der Waals surface area (Å²) in [5.74, 6) is -0.436. The zero-order chi connectivity index (χ0) is 20.4. The molecule has 0 spiro atoms. The summed E-state index contributed by atoms with van der Waals surface area (Å²) in [6, 6.07) is 13.0. The molecule has 1 amide bonds. The maximum Gasteiger partial charge on any atom is 0.271 e. The van der Waals surface area contributed by atoms with Crippen LogP contribution in [0.25, 0.3) is 10.6 Å². The molecule has 4 rings (SSSR count). The van der Waals surface area contributed by atoms with Gasteiger partial charge in [0.25, 0.3) is 15.9 Å². The van der Waals surface area contributed by atoms with Gasteiger partial charge in [-0.1, -0.05) is 22.8 Å². The van der Waals surface area contributed by atoms with E-state index in [-0.39, 0.29) is 14.8 Å². The molecule has 0 aliphatic heterocycles. The molecule has 0 radical (unpaired) electrons. The average Bonchev–Trinajstić information content (AvgIpc) is 3.42. The monoisotopic (exact) mass is 465 g/mol. The molecule has 0 aliphatic rings. The Balaban J connectivity index is 1.54. The highest BCUT2D eigenvalue weighted by atomic mass is 35.5. The Morgan fingerprint density at radius 3 is 2.76 bits per heavy atom. The molecule has 0 saturated carbocycles. The van der Waals surface area contributed by atoms with Crippen molar-refractivity contribution in [2.24, 2.45) is 0 Å². The maximum absolute atomic E-state index is 12.8.